The van der Waals surface area contributed by atoms with Crippen LogP contribution in [0.15, 0.2) is 22.7 Å². The number of aryl methyl sites for hydroxylation is 1. The van der Waals surface area contributed by atoms with Gasteiger partial charge in [-0.3, -0.25) is 9.89 Å². The van der Waals surface area contributed by atoms with Gasteiger partial charge in [0.05, 0.1) is 11.4 Å². The van der Waals surface area contributed by atoms with Gasteiger partial charge in [-0.2, -0.15) is 5.10 Å². The lowest BCUT2D eigenvalue weighted by Crippen LogP contribution is -2.15. The number of nitrogen functional groups attached to an aromatic ring is 1. The van der Waals surface area contributed by atoms with E-state index in [1.807, 2.05) is 25.1 Å². The molecule has 1 aliphatic rings. The Bertz CT molecular complexity index is 691. The van der Waals surface area contributed by atoms with E-state index in [0.717, 1.165) is 40.7 Å². The van der Waals surface area contributed by atoms with Crippen molar-refractivity contribution in [3.8, 4) is 0 Å². The number of nitrogens with two attached hydrogens (primary N) is 1. The number of nitrogens with one attached hydrogen (secondary N) is 2. The van der Waals surface area contributed by atoms with Crippen LogP contribution >= 0.6 is 15.9 Å². The van der Waals surface area contributed by atoms with Crippen LogP contribution in [0.25, 0.3) is 0 Å². The molecule has 5 nitrogen and oxygen atoms in total. The number of halogens is 1. The number of hydrogen-bond donors (Lipinski definition) is 3. The van der Waals surface area contributed by atoms with Gasteiger partial charge in [0.1, 0.15) is 0 Å². The molecule has 3 rings (SSSR count). The van der Waals surface area contributed by atoms with Crippen molar-refractivity contribution >= 4 is 33.2 Å². The second-order valence-electron chi connectivity index (χ2n) is 5.28. The Morgan fingerprint density at radius 2 is 2.29 bits per heavy atom. The number of benzene rings is 1. The van der Waals surface area contributed by atoms with Crippen LogP contribution in [0, 0.1) is 0 Å². The summed E-state index contributed by atoms with van der Waals surface area (Å²) in [6.07, 6.45) is 3.05. The van der Waals surface area contributed by atoms with Crippen molar-refractivity contribution in [3.05, 3.63) is 39.6 Å². The highest BCUT2D eigenvalue weighted by molar-refractivity contribution is 9.10. The third kappa shape index (κ3) is 2.81. The molecule has 0 atom stereocenters. The summed E-state index contributed by atoms with van der Waals surface area (Å²) in [4.78, 5) is 12.4. The molecule has 1 fully saturated rings. The van der Waals surface area contributed by atoms with Gasteiger partial charge in [-0.25, -0.2) is 0 Å². The molecule has 0 saturated heterocycles. The highest BCUT2D eigenvalue weighted by Crippen LogP contribution is 2.42. The van der Waals surface area contributed by atoms with Gasteiger partial charge in [-0.15, -0.1) is 0 Å². The van der Waals surface area contributed by atoms with Gasteiger partial charge in [0.2, 0.25) is 0 Å². The Morgan fingerprint density at radius 3 is 2.95 bits per heavy atom. The van der Waals surface area contributed by atoms with Crippen molar-refractivity contribution in [2.75, 3.05) is 11.1 Å². The van der Waals surface area contributed by atoms with Crippen LogP contribution in [0.1, 0.15) is 47.4 Å². The minimum absolute atomic E-state index is 0.271. The fourth-order valence-electron chi connectivity index (χ4n) is 2.38. The molecule has 0 aliphatic heterocycles. The molecule has 1 amide bonds. The van der Waals surface area contributed by atoms with Crippen LogP contribution in [-0.2, 0) is 6.42 Å². The summed E-state index contributed by atoms with van der Waals surface area (Å²) in [5.74, 6) is 0.172. The molecule has 1 aromatic heterocycles. The molecule has 21 heavy (non-hydrogen) atoms. The molecule has 1 aliphatic carbocycles. The van der Waals surface area contributed by atoms with Crippen molar-refractivity contribution in [1.82, 2.24) is 10.2 Å². The van der Waals surface area contributed by atoms with E-state index in [1.165, 1.54) is 0 Å². The summed E-state index contributed by atoms with van der Waals surface area (Å²) in [5.41, 5.74) is 9.54. The number of amides is 1. The first-order chi connectivity index (χ1) is 10.1. The van der Waals surface area contributed by atoms with Crippen LogP contribution in [0.3, 0.4) is 0 Å². The molecule has 1 aromatic carbocycles. The van der Waals surface area contributed by atoms with Gasteiger partial charge < -0.3 is 11.1 Å². The smallest absolute Gasteiger partial charge is 0.278 e. The lowest BCUT2D eigenvalue weighted by molar-refractivity contribution is 0.102. The number of H-pyrrole nitrogens is 1. The normalized spacial score (nSPS) is 14.2. The van der Waals surface area contributed by atoms with Crippen LogP contribution in [0.2, 0.25) is 0 Å². The predicted octanol–water partition coefficient (Wildman–Crippen LogP) is 3.45. The second-order valence-corrected chi connectivity index (χ2v) is 6.20. The van der Waals surface area contributed by atoms with E-state index in [-0.39, 0.29) is 11.6 Å². The fourth-order valence-corrected chi connectivity index (χ4v) is 2.79. The number of nitrogens with zero attached hydrogens (tertiary/aromatic N) is 1. The van der Waals surface area contributed by atoms with Crippen LogP contribution in [0.4, 0.5) is 11.4 Å². The number of hydrogen-bond acceptors (Lipinski definition) is 3. The molecule has 0 unspecified atom stereocenters. The van der Waals surface area contributed by atoms with Gasteiger partial charge in [0.15, 0.2) is 5.69 Å². The number of carbonyl (C=O) groups is 1. The SMILES string of the molecule is CCc1cc(Br)ccc1NC(=O)c1n[nH]c(C2CC2)c1N. The quantitative estimate of drug-likeness (QED) is 0.791. The zero-order valence-corrected chi connectivity index (χ0v) is 13.3. The Balaban J connectivity index is 1.83. The van der Waals surface area contributed by atoms with Crippen molar-refractivity contribution in [2.45, 2.75) is 32.1 Å². The van der Waals surface area contributed by atoms with Crippen molar-refractivity contribution < 1.29 is 4.79 Å². The van der Waals surface area contributed by atoms with E-state index in [4.69, 9.17) is 5.73 Å². The van der Waals surface area contributed by atoms with Gasteiger partial charge in [-0.05, 0) is 43.0 Å². The van der Waals surface area contributed by atoms with E-state index < -0.39 is 0 Å². The molecular weight excluding hydrogens is 332 g/mol. The Labute approximate surface area is 131 Å². The highest BCUT2D eigenvalue weighted by atomic mass is 79.9. The minimum atomic E-state index is -0.271. The topological polar surface area (TPSA) is 83.8 Å². The zero-order chi connectivity index (χ0) is 15.0. The van der Waals surface area contributed by atoms with Crippen LogP contribution in [0.5, 0.6) is 0 Å². The summed E-state index contributed by atoms with van der Waals surface area (Å²) in [6, 6.07) is 5.78. The summed E-state index contributed by atoms with van der Waals surface area (Å²) in [7, 11) is 0. The molecular formula is C15H17BrN4O. The molecule has 1 saturated carbocycles. The van der Waals surface area contributed by atoms with E-state index in [1.54, 1.807) is 0 Å². The van der Waals surface area contributed by atoms with Gasteiger partial charge in [0.25, 0.3) is 5.91 Å². The average molecular weight is 349 g/mol. The number of rotatable bonds is 4. The maximum absolute atomic E-state index is 12.4. The predicted molar refractivity (Wildman–Crippen MR) is 86.4 cm³/mol. The Hall–Kier alpha value is -1.82. The first-order valence-corrected chi connectivity index (χ1v) is 7.83. The third-order valence-electron chi connectivity index (χ3n) is 3.73. The van der Waals surface area contributed by atoms with Crippen molar-refractivity contribution in [3.63, 3.8) is 0 Å². The maximum Gasteiger partial charge on any atom is 0.278 e. The molecule has 0 radical (unpaired) electrons. The number of aromatic amines is 1. The first kappa shape index (κ1) is 14.1. The second kappa shape index (κ2) is 5.52. The van der Waals surface area contributed by atoms with Crippen molar-refractivity contribution in [2.24, 2.45) is 0 Å². The van der Waals surface area contributed by atoms with E-state index >= 15 is 0 Å². The summed E-state index contributed by atoms with van der Waals surface area (Å²) in [5, 5.41) is 9.87. The summed E-state index contributed by atoms with van der Waals surface area (Å²) in [6.45, 7) is 2.05. The molecule has 4 N–H and O–H groups in total. The monoisotopic (exact) mass is 348 g/mol. The number of anilines is 2. The largest absolute Gasteiger partial charge is 0.395 e. The zero-order valence-electron chi connectivity index (χ0n) is 11.7. The lowest BCUT2D eigenvalue weighted by Gasteiger charge is -2.09. The minimum Gasteiger partial charge on any atom is -0.395 e. The number of carbonyl (C=O) groups excluding carboxylic acids is 1. The molecule has 1 heterocycles. The van der Waals surface area contributed by atoms with Gasteiger partial charge in [0, 0.05) is 16.1 Å². The first-order valence-electron chi connectivity index (χ1n) is 7.03. The molecule has 0 bridgehead atoms. The van der Waals surface area contributed by atoms with Gasteiger partial charge in [-0.1, -0.05) is 22.9 Å². The van der Waals surface area contributed by atoms with E-state index in [9.17, 15) is 4.79 Å². The average Bonchev–Trinajstić information content (AvgIpc) is 3.23. The highest BCUT2D eigenvalue weighted by Gasteiger charge is 2.30. The lowest BCUT2D eigenvalue weighted by atomic mass is 10.1. The maximum atomic E-state index is 12.4. The molecule has 110 valence electrons. The number of aromatic nitrogens is 2. The van der Waals surface area contributed by atoms with Crippen molar-refractivity contribution in [1.29, 1.82) is 0 Å². The van der Waals surface area contributed by atoms with Crippen LogP contribution in [-0.4, -0.2) is 16.1 Å². The summed E-state index contributed by atoms with van der Waals surface area (Å²) >= 11 is 3.44. The van der Waals surface area contributed by atoms with E-state index in [0.29, 0.717) is 11.6 Å². The van der Waals surface area contributed by atoms with Gasteiger partial charge >= 0.3 is 0 Å². The summed E-state index contributed by atoms with van der Waals surface area (Å²) < 4.78 is 0.993. The fraction of sp³-hybridized carbons (Fsp3) is 0.333. The van der Waals surface area contributed by atoms with Crippen LogP contribution < -0.4 is 11.1 Å². The molecule has 0 spiro atoms. The Kier molecular flexibility index (Phi) is 3.71. The molecule has 6 heteroatoms. The Morgan fingerprint density at radius 1 is 1.52 bits per heavy atom. The van der Waals surface area contributed by atoms with E-state index in [2.05, 4.69) is 31.4 Å². The third-order valence-corrected chi connectivity index (χ3v) is 4.22. The standard InChI is InChI=1S/C15H17BrN4O/c1-2-8-7-10(16)5-6-11(8)18-15(21)14-12(17)13(19-20-14)9-3-4-9/h5-7,9H,2-4,17H2,1H3,(H,18,21)(H,19,20). The molecule has 2 aromatic rings.